The number of para-hydroxylation sites is 4. The standard InChI is InChI=1S/C58H42N2O2/c1-35-13-5-9-17-51(35)59(52-18-10-6-14-36(52)2)45-23-21-39-27-47-49-29-43-30-50-48-28-40-22-24-46(60(53-19-11-7-15-37(53)3)54-20-12-8-16-38(54)4)26-42(40)32-56(48)62-58(50)34-44(43)33-57(49)61-55(47)31-41(39)25-45/h5-34H,1-4H3. The van der Waals surface area contributed by atoms with Crippen LogP contribution in [0.25, 0.3) is 76.2 Å². The van der Waals surface area contributed by atoms with E-state index in [0.29, 0.717) is 0 Å². The summed E-state index contributed by atoms with van der Waals surface area (Å²) in [5.74, 6) is 0. The third-order valence-electron chi connectivity index (χ3n) is 12.8. The second-order valence-corrected chi connectivity index (χ2v) is 16.8. The fourth-order valence-electron chi connectivity index (χ4n) is 9.60. The zero-order chi connectivity index (χ0) is 41.6. The summed E-state index contributed by atoms with van der Waals surface area (Å²) in [5.41, 5.74) is 15.2. The molecule has 10 aromatic carbocycles. The van der Waals surface area contributed by atoms with Crippen LogP contribution in [0.5, 0.6) is 0 Å². The van der Waals surface area contributed by atoms with Gasteiger partial charge in [0.1, 0.15) is 22.3 Å². The molecule has 62 heavy (non-hydrogen) atoms. The summed E-state index contributed by atoms with van der Waals surface area (Å²) >= 11 is 0. The highest BCUT2D eigenvalue weighted by Crippen LogP contribution is 2.44. The van der Waals surface area contributed by atoms with E-state index in [1.165, 1.54) is 33.0 Å². The van der Waals surface area contributed by atoms with Gasteiger partial charge in [0.15, 0.2) is 0 Å². The van der Waals surface area contributed by atoms with Crippen LogP contribution in [0.2, 0.25) is 0 Å². The molecule has 0 spiro atoms. The maximum atomic E-state index is 6.66. The average molecular weight is 799 g/mol. The van der Waals surface area contributed by atoms with Gasteiger partial charge in [0.05, 0.1) is 0 Å². The van der Waals surface area contributed by atoms with Gasteiger partial charge in [-0.2, -0.15) is 0 Å². The molecule has 4 nitrogen and oxygen atoms in total. The van der Waals surface area contributed by atoms with Crippen LogP contribution in [-0.2, 0) is 0 Å². The van der Waals surface area contributed by atoms with E-state index in [0.717, 1.165) is 99.5 Å². The number of hydrogen-bond donors (Lipinski definition) is 0. The molecule has 4 heteroatoms. The molecule has 0 aliphatic rings. The molecule has 0 N–H and O–H groups in total. The average Bonchev–Trinajstić information content (AvgIpc) is 3.81. The molecule has 2 heterocycles. The van der Waals surface area contributed by atoms with Crippen LogP contribution < -0.4 is 9.80 Å². The SMILES string of the molecule is Cc1ccccc1N(c1ccc2cc3c(cc2c1)oc1cc2cc4oc5cc6cc(N(c7ccccc7C)c7ccccc7C)ccc6cc5c4cc2cc13)c1ccccc1C. The van der Waals surface area contributed by atoms with Gasteiger partial charge in [-0.25, -0.2) is 0 Å². The maximum absolute atomic E-state index is 6.66. The molecule has 12 rings (SSSR count). The number of furan rings is 2. The van der Waals surface area contributed by atoms with E-state index in [-0.39, 0.29) is 0 Å². The van der Waals surface area contributed by atoms with Gasteiger partial charge in [-0.15, -0.1) is 0 Å². The Morgan fingerprint density at radius 3 is 0.871 bits per heavy atom. The predicted octanol–water partition coefficient (Wildman–Crippen LogP) is 17.1. The molecule has 0 saturated carbocycles. The van der Waals surface area contributed by atoms with Gasteiger partial charge in [0.2, 0.25) is 0 Å². The summed E-state index contributed by atoms with van der Waals surface area (Å²) in [6, 6.07) is 65.7. The lowest BCUT2D eigenvalue weighted by Crippen LogP contribution is -2.12. The minimum atomic E-state index is 0.866. The van der Waals surface area contributed by atoms with Crippen molar-refractivity contribution in [1.29, 1.82) is 0 Å². The highest BCUT2D eigenvalue weighted by atomic mass is 16.3. The number of hydrogen-bond acceptors (Lipinski definition) is 4. The van der Waals surface area contributed by atoms with E-state index >= 15 is 0 Å². The molecule has 0 fully saturated rings. The second-order valence-electron chi connectivity index (χ2n) is 16.8. The quantitative estimate of drug-likeness (QED) is 0.168. The lowest BCUT2D eigenvalue weighted by atomic mass is 10.0. The highest BCUT2D eigenvalue weighted by molar-refractivity contribution is 6.18. The van der Waals surface area contributed by atoms with Crippen molar-refractivity contribution in [1.82, 2.24) is 0 Å². The molecule has 0 atom stereocenters. The van der Waals surface area contributed by atoms with Crippen LogP contribution in [0, 0.1) is 27.7 Å². The zero-order valence-electron chi connectivity index (χ0n) is 35.0. The first kappa shape index (κ1) is 36.1. The van der Waals surface area contributed by atoms with Crippen molar-refractivity contribution in [2.75, 3.05) is 9.80 Å². The summed E-state index contributed by atoms with van der Waals surface area (Å²) in [6.07, 6.45) is 0. The van der Waals surface area contributed by atoms with Crippen molar-refractivity contribution < 1.29 is 8.83 Å². The molecule has 0 unspecified atom stereocenters. The van der Waals surface area contributed by atoms with Crippen molar-refractivity contribution in [2.24, 2.45) is 0 Å². The van der Waals surface area contributed by atoms with Gasteiger partial charge < -0.3 is 18.6 Å². The van der Waals surface area contributed by atoms with Gasteiger partial charge in [-0.3, -0.25) is 0 Å². The van der Waals surface area contributed by atoms with Gasteiger partial charge >= 0.3 is 0 Å². The number of benzene rings is 10. The van der Waals surface area contributed by atoms with E-state index < -0.39 is 0 Å². The Labute approximate surface area is 359 Å². The van der Waals surface area contributed by atoms with Crippen LogP contribution in [0.15, 0.2) is 191 Å². The zero-order valence-corrected chi connectivity index (χ0v) is 35.0. The Balaban J connectivity index is 0.955. The maximum Gasteiger partial charge on any atom is 0.136 e. The summed E-state index contributed by atoms with van der Waals surface area (Å²) in [6.45, 7) is 8.70. The monoisotopic (exact) mass is 798 g/mol. The minimum absolute atomic E-state index is 0.866. The first-order valence-corrected chi connectivity index (χ1v) is 21.3. The molecule has 0 aliphatic heterocycles. The van der Waals surface area contributed by atoms with Crippen LogP contribution in [0.1, 0.15) is 22.3 Å². The van der Waals surface area contributed by atoms with Crippen molar-refractivity contribution >= 4 is 110 Å². The molecule has 0 amide bonds. The molecule has 0 saturated heterocycles. The third kappa shape index (κ3) is 5.75. The van der Waals surface area contributed by atoms with Crippen molar-refractivity contribution in [3.8, 4) is 0 Å². The van der Waals surface area contributed by atoms with Crippen molar-refractivity contribution in [3.05, 3.63) is 204 Å². The number of aryl methyl sites for hydroxylation is 4. The summed E-state index contributed by atoms with van der Waals surface area (Å²) in [5, 5.41) is 11.3. The van der Waals surface area contributed by atoms with E-state index in [1.807, 2.05) is 0 Å². The van der Waals surface area contributed by atoms with Gasteiger partial charge in [-0.1, -0.05) is 84.9 Å². The van der Waals surface area contributed by atoms with Crippen LogP contribution in [0.3, 0.4) is 0 Å². The predicted molar refractivity (Wildman–Crippen MR) is 262 cm³/mol. The Kier molecular flexibility index (Phi) is 8.07. The first-order valence-electron chi connectivity index (χ1n) is 21.3. The topological polar surface area (TPSA) is 32.8 Å². The molecule has 296 valence electrons. The lowest BCUT2D eigenvalue weighted by Gasteiger charge is -2.28. The molecule has 2 aromatic heterocycles. The van der Waals surface area contributed by atoms with Gasteiger partial charge in [-0.05, 0) is 179 Å². The van der Waals surface area contributed by atoms with Crippen LogP contribution >= 0.6 is 0 Å². The Morgan fingerprint density at radius 1 is 0.274 bits per heavy atom. The van der Waals surface area contributed by atoms with E-state index in [1.54, 1.807) is 0 Å². The number of rotatable bonds is 6. The third-order valence-corrected chi connectivity index (χ3v) is 12.8. The van der Waals surface area contributed by atoms with Gasteiger partial charge in [0.25, 0.3) is 0 Å². The smallest absolute Gasteiger partial charge is 0.136 e. The first-order chi connectivity index (χ1) is 30.3. The van der Waals surface area contributed by atoms with Crippen molar-refractivity contribution in [3.63, 3.8) is 0 Å². The van der Waals surface area contributed by atoms with Crippen LogP contribution in [-0.4, -0.2) is 0 Å². The summed E-state index contributed by atoms with van der Waals surface area (Å²) in [7, 11) is 0. The summed E-state index contributed by atoms with van der Waals surface area (Å²) < 4.78 is 13.3. The second kappa shape index (κ2) is 13.9. The fourth-order valence-corrected chi connectivity index (χ4v) is 9.60. The normalized spacial score (nSPS) is 11.9. The number of nitrogens with zero attached hydrogens (tertiary/aromatic N) is 2. The molecule has 12 aromatic rings. The Bertz CT molecular complexity index is 3440. The Morgan fingerprint density at radius 2 is 0.548 bits per heavy atom. The minimum Gasteiger partial charge on any atom is -0.456 e. The molecular weight excluding hydrogens is 757 g/mol. The molecular formula is C58H42N2O2. The van der Waals surface area contributed by atoms with Crippen LogP contribution in [0.4, 0.5) is 34.1 Å². The van der Waals surface area contributed by atoms with Gasteiger partial charge in [0, 0.05) is 55.7 Å². The lowest BCUT2D eigenvalue weighted by molar-refractivity contribution is 0.669. The number of fused-ring (bicyclic) bond motifs is 9. The summed E-state index contributed by atoms with van der Waals surface area (Å²) in [4.78, 5) is 4.73. The van der Waals surface area contributed by atoms with E-state index in [2.05, 4.69) is 219 Å². The fraction of sp³-hybridized carbons (Fsp3) is 0.0690. The van der Waals surface area contributed by atoms with E-state index in [4.69, 9.17) is 8.83 Å². The molecule has 0 radical (unpaired) electrons. The van der Waals surface area contributed by atoms with Crippen molar-refractivity contribution in [2.45, 2.75) is 27.7 Å². The largest absolute Gasteiger partial charge is 0.456 e. The Hall–Kier alpha value is -7.82. The molecule has 0 aliphatic carbocycles. The van der Waals surface area contributed by atoms with E-state index in [9.17, 15) is 0 Å². The highest BCUT2D eigenvalue weighted by Gasteiger charge is 2.20. The molecule has 0 bridgehead atoms. The number of anilines is 6.